The second-order valence-corrected chi connectivity index (χ2v) is 12.4. The number of hydrogen-bond donors (Lipinski definition) is 1. The number of nitro groups is 1. The fourth-order valence-corrected chi connectivity index (χ4v) is 6.62. The van der Waals surface area contributed by atoms with Gasteiger partial charge in [-0.2, -0.15) is 0 Å². The minimum atomic E-state index is -2.65. The second-order valence-electron chi connectivity index (χ2n) is 6.05. The first-order valence-electron chi connectivity index (χ1n) is 9.34. The zero-order chi connectivity index (χ0) is 23.6. The highest BCUT2D eigenvalue weighted by Gasteiger charge is 2.29. The Labute approximate surface area is 200 Å². The van der Waals surface area contributed by atoms with Crippen LogP contribution in [0.25, 0.3) is 0 Å². The third-order valence-electron chi connectivity index (χ3n) is 3.90. The fraction of sp³-hybridized carbons (Fsp3) is 0.263. The molecule has 0 heterocycles. The molecule has 13 heteroatoms. The quantitative estimate of drug-likeness (QED) is 0.0612. The number of nitrogens with one attached hydrogen (secondary N) is 1. The number of hydrogen-bond acceptors (Lipinski definition) is 9. The maximum absolute atomic E-state index is 11.9. The lowest BCUT2D eigenvalue weighted by Gasteiger charge is -2.34. The molecule has 172 valence electrons. The highest BCUT2D eigenvalue weighted by molar-refractivity contribution is 8.21. The number of non-ortho nitro benzene ring substituents is 1. The van der Waals surface area contributed by atoms with Gasteiger partial charge in [-0.1, -0.05) is 30.3 Å². The Balaban J connectivity index is 2.23. The topological polar surface area (TPSA) is 106 Å². The van der Waals surface area contributed by atoms with Gasteiger partial charge in [-0.05, 0) is 61.2 Å². The van der Waals surface area contributed by atoms with E-state index in [0.717, 1.165) is 0 Å². The number of carbonyl (C=O) groups is 1. The molecule has 1 amide bonds. The summed E-state index contributed by atoms with van der Waals surface area (Å²) in [5.74, 6) is 0.750. The first-order valence-corrected chi connectivity index (χ1v) is 14.4. The third kappa shape index (κ3) is 7.70. The summed E-state index contributed by atoms with van der Waals surface area (Å²) < 4.78 is 8.03. The van der Waals surface area contributed by atoms with E-state index in [1.165, 1.54) is 35.8 Å². The van der Waals surface area contributed by atoms with Crippen molar-refractivity contribution in [1.29, 1.82) is 0 Å². The Bertz CT molecular complexity index is 992. The van der Waals surface area contributed by atoms with E-state index >= 15 is 0 Å². The molecule has 0 aromatic heterocycles. The van der Waals surface area contributed by atoms with Gasteiger partial charge >= 0.3 is 6.09 Å². The summed E-state index contributed by atoms with van der Waals surface area (Å²) in [7, 11) is 0. The van der Waals surface area contributed by atoms with Crippen LogP contribution in [0.4, 0.5) is 16.2 Å². The SMILES string of the molecule is CCP(=S)(Oc1ccccc1)N(SCNC(=O)O/N=C(\C)SC)c1ccc([N+](=O)[O-])cc1. The van der Waals surface area contributed by atoms with Gasteiger partial charge in [-0.25, -0.2) is 4.79 Å². The van der Waals surface area contributed by atoms with E-state index < -0.39 is 17.4 Å². The zero-order valence-corrected chi connectivity index (χ0v) is 21.0. The smallest absolute Gasteiger partial charge is 0.434 e. The van der Waals surface area contributed by atoms with E-state index in [4.69, 9.17) is 21.2 Å². The van der Waals surface area contributed by atoms with E-state index in [2.05, 4.69) is 10.5 Å². The molecule has 0 saturated carbocycles. The molecule has 1 N–H and O–H groups in total. The number of para-hydroxylation sites is 1. The normalized spacial score (nSPS) is 13.0. The summed E-state index contributed by atoms with van der Waals surface area (Å²) in [6.45, 7) is 3.64. The highest BCUT2D eigenvalue weighted by atomic mass is 32.5. The molecule has 1 atom stereocenters. The Kier molecular flexibility index (Phi) is 10.3. The summed E-state index contributed by atoms with van der Waals surface area (Å²) in [6, 6.07) is 15.2. The highest BCUT2D eigenvalue weighted by Crippen LogP contribution is 2.56. The van der Waals surface area contributed by atoms with E-state index in [1.54, 1.807) is 23.1 Å². The van der Waals surface area contributed by atoms with E-state index in [1.807, 2.05) is 43.5 Å². The lowest BCUT2D eigenvalue weighted by Crippen LogP contribution is -2.26. The van der Waals surface area contributed by atoms with Crippen LogP contribution in [0.5, 0.6) is 5.75 Å². The third-order valence-corrected chi connectivity index (χ3v) is 10.3. The number of anilines is 1. The molecular formula is C19H23N4O5PS3. The monoisotopic (exact) mass is 514 g/mol. The van der Waals surface area contributed by atoms with Crippen LogP contribution in [-0.2, 0) is 16.6 Å². The van der Waals surface area contributed by atoms with Gasteiger partial charge in [0.1, 0.15) is 10.8 Å². The summed E-state index contributed by atoms with van der Waals surface area (Å²) in [4.78, 5) is 27.3. The number of benzene rings is 2. The number of amides is 1. The minimum absolute atomic E-state index is 0.0313. The molecule has 2 rings (SSSR count). The molecule has 0 saturated heterocycles. The number of thioether (sulfide) groups is 1. The maximum atomic E-state index is 11.9. The summed E-state index contributed by atoms with van der Waals surface area (Å²) in [5.41, 5.74) is 0.601. The first kappa shape index (κ1) is 26.0. The van der Waals surface area contributed by atoms with Gasteiger partial charge in [-0.3, -0.25) is 19.0 Å². The Morgan fingerprint density at radius 3 is 2.47 bits per heavy atom. The van der Waals surface area contributed by atoms with E-state index in [0.29, 0.717) is 22.6 Å². The predicted molar refractivity (Wildman–Crippen MR) is 136 cm³/mol. The molecule has 0 aliphatic carbocycles. The fourth-order valence-electron chi connectivity index (χ4n) is 2.24. The first-order chi connectivity index (χ1) is 15.3. The molecule has 2 aromatic rings. The number of nitrogens with zero attached hydrogens (tertiary/aromatic N) is 3. The second kappa shape index (κ2) is 12.7. The molecule has 0 aliphatic rings. The molecule has 0 aliphatic heterocycles. The van der Waals surface area contributed by atoms with Crippen LogP contribution < -0.4 is 13.9 Å². The van der Waals surface area contributed by atoms with E-state index in [9.17, 15) is 14.9 Å². The molecular weight excluding hydrogens is 491 g/mol. The number of nitro benzene ring substituents is 1. The van der Waals surface area contributed by atoms with Crippen molar-refractivity contribution in [3.05, 3.63) is 64.7 Å². The molecule has 0 bridgehead atoms. The van der Waals surface area contributed by atoms with Gasteiger partial charge in [0.25, 0.3) is 5.69 Å². The maximum Gasteiger partial charge on any atom is 0.434 e. The number of carbonyl (C=O) groups excluding carboxylic acids is 1. The van der Waals surface area contributed by atoms with Gasteiger partial charge < -0.3 is 9.84 Å². The molecule has 2 aromatic carbocycles. The Morgan fingerprint density at radius 1 is 1.25 bits per heavy atom. The van der Waals surface area contributed by atoms with Crippen molar-refractivity contribution < 1.29 is 19.1 Å². The molecule has 0 spiro atoms. The molecule has 1 unspecified atom stereocenters. The van der Waals surface area contributed by atoms with Gasteiger partial charge in [0.2, 0.25) is 6.42 Å². The predicted octanol–water partition coefficient (Wildman–Crippen LogP) is 5.84. The van der Waals surface area contributed by atoms with Crippen molar-refractivity contribution in [1.82, 2.24) is 5.32 Å². The van der Waals surface area contributed by atoms with Gasteiger partial charge in [0, 0.05) is 18.3 Å². The molecule has 0 fully saturated rings. The van der Waals surface area contributed by atoms with Crippen LogP contribution in [0.2, 0.25) is 0 Å². The molecule has 0 radical (unpaired) electrons. The van der Waals surface area contributed by atoms with Crippen molar-refractivity contribution in [2.45, 2.75) is 13.8 Å². The van der Waals surface area contributed by atoms with Crippen LogP contribution in [0.3, 0.4) is 0 Å². The van der Waals surface area contributed by atoms with Crippen LogP contribution in [0, 0.1) is 10.1 Å². The average Bonchev–Trinajstić information content (AvgIpc) is 2.80. The van der Waals surface area contributed by atoms with Crippen LogP contribution >= 0.6 is 30.1 Å². The standard InChI is InChI=1S/C19H23N4O5PS3/c1-4-29(30,28-18-8-6-5-7-9-18)23(17-12-10-16(11-13-17)22(25)26)32-14-20-19(24)27-21-15(2)31-3/h5-13H,4,14H2,1-3H3,(H,20,24)/b21-15+. The van der Waals surface area contributed by atoms with Gasteiger partial charge in [0.15, 0.2) is 0 Å². The van der Waals surface area contributed by atoms with E-state index in [-0.39, 0.29) is 11.6 Å². The molecule has 9 nitrogen and oxygen atoms in total. The lowest BCUT2D eigenvalue weighted by atomic mass is 10.3. The van der Waals surface area contributed by atoms with Crippen molar-refractivity contribution in [2.75, 3.05) is 22.4 Å². The largest absolute Gasteiger partial charge is 0.448 e. The molecule has 32 heavy (non-hydrogen) atoms. The Morgan fingerprint density at radius 2 is 1.91 bits per heavy atom. The number of rotatable bonds is 10. The summed E-state index contributed by atoms with van der Waals surface area (Å²) in [6.07, 6.45) is -1.02. The van der Waals surface area contributed by atoms with Crippen molar-refractivity contribution in [3.8, 4) is 5.75 Å². The van der Waals surface area contributed by atoms with Gasteiger partial charge in [-0.15, -0.1) is 11.8 Å². The van der Waals surface area contributed by atoms with Crippen LogP contribution in [-0.4, -0.2) is 34.4 Å². The summed E-state index contributed by atoms with van der Waals surface area (Å²) in [5, 5.41) is 17.9. The van der Waals surface area contributed by atoms with Crippen LogP contribution in [0.1, 0.15) is 13.8 Å². The number of oxime groups is 1. The average molecular weight is 515 g/mol. The van der Waals surface area contributed by atoms with Gasteiger partial charge in [0.05, 0.1) is 16.5 Å². The minimum Gasteiger partial charge on any atom is -0.448 e. The lowest BCUT2D eigenvalue weighted by molar-refractivity contribution is -0.384. The van der Waals surface area contributed by atoms with Crippen LogP contribution in [0.15, 0.2) is 59.8 Å². The van der Waals surface area contributed by atoms with Crippen molar-refractivity contribution in [3.63, 3.8) is 0 Å². The van der Waals surface area contributed by atoms with Crippen molar-refractivity contribution in [2.24, 2.45) is 5.16 Å². The zero-order valence-electron chi connectivity index (χ0n) is 17.7. The Hall–Kier alpha value is -2.27. The summed E-state index contributed by atoms with van der Waals surface area (Å²) >= 11 is 8.53. The van der Waals surface area contributed by atoms with Crippen molar-refractivity contribution >= 4 is 64.4 Å².